The third-order valence-corrected chi connectivity index (χ3v) is 7.17. The van der Waals surface area contributed by atoms with E-state index >= 15 is 0 Å². The molecular formula is C29H37N3O2. The highest BCUT2D eigenvalue weighted by atomic mass is 16.3. The minimum atomic E-state index is 0.0575. The van der Waals surface area contributed by atoms with Gasteiger partial charge in [0.05, 0.1) is 11.2 Å². The molecular weight excluding hydrogens is 422 g/mol. The zero-order chi connectivity index (χ0) is 24.1. The highest BCUT2D eigenvalue weighted by Gasteiger charge is 2.18. The Balaban J connectivity index is 1.60. The first kappa shape index (κ1) is 24.2. The van der Waals surface area contributed by atoms with Crippen molar-refractivity contribution in [1.29, 1.82) is 0 Å². The third-order valence-electron chi connectivity index (χ3n) is 7.17. The second-order valence-corrected chi connectivity index (χ2v) is 9.77. The van der Waals surface area contributed by atoms with E-state index in [1.54, 1.807) is 25.3 Å². The molecule has 5 heteroatoms. The summed E-state index contributed by atoms with van der Waals surface area (Å²) >= 11 is 0. The Kier molecular flexibility index (Phi) is 7.84. The molecule has 1 saturated heterocycles. The van der Waals surface area contributed by atoms with E-state index in [1.165, 1.54) is 51.7 Å². The topological polar surface area (TPSA) is 79.5 Å². The van der Waals surface area contributed by atoms with Gasteiger partial charge in [0.15, 0.2) is 5.78 Å². The van der Waals surface area contributed by atoms with E-state index in [-0.39, 0.29) is 11.5 Å². The number of carbonyl (C=O) groups is 1. The highest BCUT2D eigenvalue weighted by molar-refractivity contribution is 6.00. The summed E-state index contributed by atoms with van der Waals surface area (Å²) in [5, 5.41) is 11.1. The maximum Gasteiger partial charge on any atom is 0.161 e. The second kappa shape index (κ2) is 11.0. The van der Waals surface area contributed by atoms with Crippen LogP contribution in [0.15, 0.2) is 42.6 Å². The van der Waals surface area contributed by atoms with Gasteiger partial charge in [0.1, 0.15) is 5.75 Å². The number of phenols is 1. The Bertz CT molecular complexity index is 1150. The average molecular weight is 460 g/mol. The molecule has 1 atom stereocenters. The number of carbonyl (C=O) groups excluding carboxylic acids is 1. The SMILES string of the molecule is CCCC(CCCc1c(C(C)=O)cnc2ccc(-c3ccc(N)c(O)c3)cc12)CN1CCCC1. The molecule has 4 rings (SSSR count). The minimum absolute atomic E-state index is 0.0575. The first-order valence-corrected chi connectivity index (χ1v) is 12.7. The fourth-order valence-corrected chi connectivity index (χ4v) is 5.36. The van der Waals surface area contributed by atoms with Gasteiger partial charge in [-0.2, -0.15) is 0 Å². The summed E-state index contributed by atoms with van der Waals surface area (Å²) in [6, 6.07) is 11.4. The predicted octanol–water partition coefficient (Wildman–Crippen LogP) is 6.23. The number of nitrogens with zero attached hydrogens (tertiary/aromatic N) is 2. The summed E-state index contributed by atoms with van der Waals surface area (Å²) in [6.07, 6.45) is 9.98. The highest BCUT2D eigenvalue weighted by Crippen LogP contribution is 2.32. The molecule has 3 N–H and O–H groups in total. The van der Waals surface area contributed by atoms with Gasteiger partial charge >= 0.3 is 0 Å². The van der Waals surface area contributed by atoms with Crippen LogP contribution in [0.1, 0.15) is 68.3 Å². The van der Waals surface area contributed by atoms with Gasteiger partial charge in [0, 0.05) is 23.7 Å². The fourth-order valence-electron chi connectivity index (χ4n) is 5.36. The molecule has 180 valence electrons. The molecule has 2 aromatic carbocycles. The van der Waals surface area contributed by atoms with Crippen LogP contribution in [0.3, 0.4) is 0 Å². The van der Waals surface area contributed by atoms with Crippen molar-refractivity contribution in [2.75, 3.05) is 25.4 Å². The summed E-state index contributed by atoms with van der Waals surface area (Å²) in [5.74, 6) is 0.848. The van der Waals surface area contributed by atoms with E-state index in [0.29, 0.717) is 11.6 Å². The zero-order valence-electron chi connectivity index (χ0n) is 20.5. The van der Waals surface area contributed by atoms with E-state index in [2.05, 4.69) is 22.9 Å². The number of likely N-dealkylation sites (tertiary alicyclic amines) is 1. The van der Waals surface area contributed by atoms with Crippen molar-refractivity contribution in [2.45, 2.75) is 58.8 Å². The maximum absolute atomic E-state index is 12.5. The fraction of sp³-hybridized carbons (Fsp3) is 0.448. The molecule has 34 heavy (non-hydrogen) atoms. The molecule has 0 saturated carbocycles. The van der Waals surface area contributed by atoms with Crippen molar-refractivity contribution in [3.05, 3.63) is 53.7 Å². The molecule has 1 aliphatic heterocycles. The number of anilines is 1. The molecule has 5 nitrogen and oxygen atoms in total. The Morgan fingerprint density at radius 2 is 1.85 bits per heavy atom. The Labute approximate surface area is 203 Å². The molecule has 1 aliphatic rings. The third kappa shape index (κ3) is 5.58. The summed E-state index contributed by atoms with van der Waals surface area (Å²) in [5.41, 5.74) is 10.7. The number of rotatable bonds is 10. The van der Waals surface area contributed by atoms with Crippen LogP contribution in [0.5, 0.6) is 5.75 Å². The lowest BCUT2D eigenvalue weighted by Crippen LogP contribution is -2.26. The van der Waals surface area contributed by atoms with Gasteiger partial charge in [0.2, 0.25) is 0 Å². The molecule has 1 fully saturated rings. The van der Waals surface area contributed by atoms with Crippen LogP contribution in [0.4, 0.5) is 5.69 Å². The van der Waals surface area contributed by atoms with Crippen LogP contribution < -0.4 is 5.73 Å². The molecule has 0 bridgehead atoms. The zero-order valence-corrected chi connectivity index (χ0v) is 20.5. The number of nitrogen functional groups attached to an aromatic ring is 1. The van der Waals surface area contributed by atoms with Gasteiger partial charge in [-0.3, -0.25) is 9.78 Å². The quantitative estimate of drug-likeness (QED) is 0.213. The standard InChI is InChI=1S/C29H37N3O2/c1-3-7-21(19-32-14-4-5-15-32)8-6-9-24-25-16-22(23-10-12-27(30)29(34)17-23)11-13-28(25)31-18-26(24)20(2)33/h10-13,16-18,21,34H,3-9,14-15,19,30H2,1-2H3. The molecule has 0 aliphatic carbocycles. The van der Waals surface area contributed by atoms with Crippen molar-refractivity contribution in [3.63, 3.8) is 0 Å². The maximum atomic E-state index is 12.5. The molecule has 3 aromatic rings. The Hall–Kier alpha value is -2.92. The van der Waals surface area contributed by atoms with Gasteiger partial charge < -0.3 is 15.7 Å². The first-order chi connectivity index (χ1) is 16.5. The van der Waals surface area contributed by atoms with Gasteiger partial charge in [-0.05, 0) is 105 Å². The molecule has 0 amide bonds. The normalized spacial score (nSPS) is 15.1. The van der Waals surface area contributed by atoms with Gasteiger partial charge in [-0.25, -0.2) is 0 Å². The number of aromatic hydroxyl groups is 1. The van der Waals surface area contributed by atoms with Crippen molar-refractivity contribution in [1.82, 2.24) is 9.88 Å². The van der Waals surface area contributed by atoms with E-state index in [9.17, 15) is 9.90 Å². The molecule has 1 aromatic heterocycles. The van der Waals surface area contributed by atoms with Gasteiger partial charge in [0.25, 0.3) is 0 Å². The van der Waals surface area contributed by atoms with Crippen LogP contribution in [0, 0.1) is 5.92 Å². The lowest BCUT2D eigenvalue weighted by molar-refractivity contribution is 0.101. The number of phenolic OH excluding ortho intramolecular Hbond substituents is 1. The van der Waals surface area contributed by atoms with Crippen molar-refractivity contribution < 1.29 is 9.90 Å². The molecule has 1 unspecified atom stereocenters. The van der Waals surface area contributed by atoms with Crippen molar-refractivity contribution in [2.24, 2.45) is 5.92 Å². The summed E-state index contributed by atoms with van der Waals surface area (Å²) in [4.78, 5) is 19.7. The summed E-state index contributed by atoms with van der Waals surface area (Å²) in [6.45, 7) is 7.59. The van der Waals surface area contributed by atoms with Crippen LogP contribution in [-0.4, -0.2) is 40.4 Å². The van der Waals surface area contributed by atoms with E-state index < -0.39 is 0 Å². The summed E-state index contributed by atoms with van der Waals surface area (Å²) in [7, 11) is 0. The Morgan fingerprint density at radius 3 is 2.56 bits per heavy atom. The largest absolute Gasteiger partial charge is 0.506 e. The number of pyridine rings is 1. The lowest BCUT2D eigenvalue weighted by Gasteiger charge is -2.23. The number of aryl methyl sites for hydroxylation is 1. The van der Waals surface area contributed by atoms with E-state index in [1.807, 2.05) is 18.2 Å². The Morgan fingerprint density at radius 1 is 1.12 bits per heavy atom. The number of nitrogens with two attached hydrogens (primary N) is 1. The number of benzene rings is 2. The van der Waals surface area contributed by atoms with Gasteiger partial charge in [-0.15, -0.1) is 0 Å². The molecule has 2 heterocycles. The van der Waals surface area contributed by atoms with Gasteiger partial charge in [-0.1, -0.05) is 25.5 Å². The van der Waals surface area contributed by atoms with Crippen molar-refractivity contribution >= 4 is 22.4 Å². The molecule has 0 radical (unpaired) electrons. The first-order valence-electron chi connectivity index (χ1n) is 12.7. The van der Waals surface area contributed by atoms with Crippen LogP contribution in [0.25, 0.3) is 22.0 Å². The molecule has 0 spiro atoms. The number of hydrogen-bond acceptors (Lipinski definition) is 5. The summed E-state index contributed by atoms with van der Waals surface area (Å²) < 4.78 is 0. The number of Topliss-reactive ketones (excluding diaryl/α,β-unsaturated/α-hetero) is 1. The number of ketones is 1. The van der Waals surface area contributed by atoms with E-state index in [4.69, 9.17) is 5.73 Å². The predicted molar refractivity (Wildman–Crippen MR) is 140 cm³/mol. The van der Waals surface area contributed by atoms with Crippen LogP contribution in [0.2, 0.25) is 0 Å². The lowest BCUT2D eigenvalue weighted by atomic mass is 9.91. The minimum Gasteiger partial charge on any atom is -0.506 e. The smallest absolute Gasteiger partial charge is 0.161 e. The monoisotopic (exact) mass is 459 g/mol. The number of hydrogen-bond donors (Lipinski definition) is 2. The van der Waals surface area contributed by atoms with Crippen LogP contribution >= 0.6 is 0 Å². The second-order valence-electron chi connectivity index (χ2n) is 9.77. The number of fused-ring (bicyclic) bond motifs is 1. The van der Waals surface area contributed by atoms with E-state index in [0.717, 1.165) is 46.0 Å². The van der Waals surface area contributed by atoms with Crippen molar-refractivity contribution in [3.8, 4) is 16.9 Å². The average Bonchev–Trinajstić information content (AvgIpc) is 3.33. The number of aromatic nitrogens is 1. The van der Waals surface area contributed by atoms with Crippen LogP contribution in [-0.2, 0) is 6.42 Å².